The van der Waals surface area contributed by atoms with Crippen molar-refractivity contribution in [3.63, 3.8) is 0 Å². The van der Waals surface area contributed by atoms with Crippen molar-refractivity contribution in [3.05, 3.63) is 28.2 Å². The highest BCUT2D eigenvalue weighted by molar-refractivity contribution is 9.10. The average molecular weight is 295 g/mol. The summed E-state index contributed by atoms with van der Waals surface area (Å²) in [4.78, 5) is 0. The lowest BCUT2D eigenvalue weighted by atomic mass is 9.83. The lowest BCUT2D eigenvalue weighted by Crippen LogP contribution is -2.26. The van der Waals surface area contributed by atoms with E-state index < -0.39 is 0 Å². The van der Waals surface area contributed by atoms with Crippen LogP contribution in [-0.2, 0) is 0 Å². The van der Waals surface area contributed by atoms with Crippen LogP contribution in [0.15, 0.2) is 22.7 Å². The van der Waals surface area contributed by atoms with E-state index in [4.69, 9.17) is 5.73 Å². The van der Waals surface area contributed by atoms with Crippen LogP contribution in [0.3, 0.4) is 0 Å². The van der Waals surface area contributed by atoms with E-state index in [9.17, 15) is 5.11 Å². The fraction of sp³-hybridized carbons (Fsp3) is 0.455. The van der Waals surface area contributed by atoms with Crippen molar-refractivity contribution in [2.75, 3.05) is 0 Å². The summed E-state index contributed by atoms with van der Waals surface area (Å²) in [5.41, 5.74) is 7.14. The Kier molecular flexibility index (Phi) is 5.10. The number of hydrogen-bond acceptors (Lipinski definition) is 2. The van der Waals surface area contributed by atoms with E-state index in [0.29, 0.717) is 4.47 Å². The molecule has 0 spiro atoms. The third-order valence-electron chi connectivity index (χ3n) is 2.26. The first-order valence-corrected chi connectivity index (χ1v) is 5.35. The second kappa shape index (κ2) is 5.19. The van der Waals surface area contributed by atoms with Crippen molar-refractivity contribution in [2.45, 2.75) is 26.8 Å². The fourth-order valence-corrected chi connectivity index (χ4v) is 1.61. The Morgan fingerprint density at radius 3 is 2.27 bits per heavy atom. The first-order chi connectivity index (χ1) is 6.32. The maximum atomic E-state index is 9.34. The Morgan fingerprint density at radius 1 is 1.33 bits per heavy atom. The van der Waals surface area contributed by atoms with Crippen molar-refractivity contribution >= 4 is 28.3 Å². The second-order valence-electron chi connectivity index (χ2n) is 4.55. The van der Waals surface area contributed by atoms with E-state index in [1.807, 2.05) is 12.1 Å². The minimum absolute atomic E-state index is 0. The molecule has 0 bridgehead atoms. The minimum Gasteiger partial charge on any atom is -0.507 e. The molecular weight excluding hydrogens is 277 g/mol. The monoisotopic (exact) mass is 293 g/mol. The van der Waals surface area contributed by atoms with Gasteiger partial charge in [-0.05, 0) is 39.0 Å². The molecule has 3 N–H and O–H groups in total. The van der Waals surface area contributed by atoms with Crippen LogP contribution in [0.25, 0.3) is 0 Å². The second-order valence-corrected chi connectivity index (χ2v) is 5.41. The van der Waals surface area contributed by atoms with Gasteiger partial charge in [0, 0.05) is 6.04 Å². The van der Waals surface area contributed by atoms with Crippen molar-refractivity contribution in [1.82, 2.24) is 0 Å². The van der Waals surface area contributed by atoms with Gasteiger partial charge in [0.25, 0.3) is 0 Å². The van der Waals surface area contributed by atoms with E-state index in [0.717, 1.165) is 5.56 Å². The molecule has 1 aromatic rings. The molecule has 0 fully saturated rings. The van der Waals surface area contributed by atoms with Crippen LogP contribution in [-0.4, -0.2) is 5.11 Å². The van der Waals surface area contributed by atoms with Crippen molar-refractivity contribution in [3.8, 4) is 5.75 Å². The van der Waals surface area contributed by atoms with Crippen LogP contribution in [0.4, 0.5) is 0 Å². The Balaban J connectivity index is 0.00000196. The quantitative estimate of drug-likeness (QED) is 0.831. The van der Waals surface area contributed by atoms with Crippen LogP contribution in [0.2, 0.25) is 0 Å². The summed E-state index contributed by atoms with van der Waals surface area (Å²) in [5, 5.41) is 9.34. The number of rotatable bonds is 1. The molecule has 0 aliphatic rings. The fourth-order valence-electron chi connectivity index (χ4n) is 1.22. The molecule has 0 unspecified atom stereocenters. The van der Waals surface area contributed by atoms with Gasteiger partial charge in [-0.2, -0.15) is 0 Å². The molecule has 0 amide bonds. The molecule has 2 nitrogen and oxygen atoms in total. The highest BCUT2D eigenvalue weighted by Crippen LogP contribution is 2.33. The summed E-state index contributed by atoms with van der Waals surface area (Å²) in [5.74, 6) is 0.245. The first kappa shape index (κ1) is 14.8. The standard InChI is InChI=1S/C11H16BrNO.ClH/c1-11(2,3)10(13)7-4-5-9(14)8(12)6-7;/h4-6,10,14H,13H2,1-3H3;1H/t10-;/m0./s1. The minimum atomic E-state index is -0.0283. The SMILES string of the molecule is CC(C)(C)[C@@H](N)c1ccc(O)c(Br)c1.Cl. The predicted molar refractivity (Wildman–Crippen MR) is 69.4 cm³/mol. The molecule has 0 aliphatic carbocycles. The normalized spacial score (nSPS) is 13.1. The molecule has 1 rings (SSSR count). The van der Waals surface area contributed by atoms with E-state index >= 15 is 0 Å². The highest BCUT2D eigenvalue weighted by atomic mass is 79.9. The van der Waals surface area contributed by atoms with Crippen molar-refractivity contribution in [1.29, 1.82) is 0 Å². The van der Waals surface area contributed by atoms with Crippen molar-refractivity contribution in [2.24, 2.45) is 11.1 Å². The summed E-state index contributed by atoms with van der Waals surface area (Å²) >= 11 is 3.28. The van der Waals surface area contributed by atoms with E-state index in [2.05, 4.69) is 36.7 Å². The van der Waals surface area contributed by atoms with E-state index in [1.165, 1.54) is 0 Å². The van der Waals surface area contributed by atoms with E-state index in [-0.39, 0.29) is 29.6 Å². The van der Waals surface area contributed by atoms with Gasteiger partial charge in [0.15, 0.2) is 0 Å². The van der Waals surface area contributed by atoms with Crippen molar-refractivity contribution < 1.29 is 5.11 Å². The lowest BCUT2D eigenvalue weighted by Gasteiger charge is -2.27. The first-order valence-electron chi connectivity index (χ1n) is 4.56. The Hall–Kier alpha value is -0.250. The zero-order chi connectivity index (χ0) is 10.9. The van der Waals surface area contributed by atoms with Gasteiger partial charge in [0.2, 0.25) is 0 Å². The van der Waals surface area contributed by atoms with Crippen LogP contribution >= 0.6 is 28.3 Å². The molecule has 0 saturated heterocycles. The Bertz CT molecular complexity index is 336. The zero-order valence-corrected chi connectivity index (χ0v) is 11.5. The maximum absolute atomic E-state index is 9.34. The van der Waals surface area contributed by atoms with Crippen LogP contribution in [0.5, 0.6) is 5.75 Å². The number of benzene rings is 1. The number of aromatic hydroxyl groups is 1. The lowest BCUT2D eigenvalue weighted by molar-refractivity contribution is 0.326. The average Bonchev–Trinajstić information content (AvgIpc) is 2.07. The molecule has 86 valence electrons. The molecule has 15 heavy (non-hydrogen) atoms. The summed E-state index contributed by atoms with van der Waals surface area (Å²) < 4.78 is 0.690. The van der Waals surface area contributed by atoms with Gasteiger partial charge >= 0.3 is 0 Å². The summed E-state index contributed by atoms with van der Waals surface area (Å²) in [6, 6.07) is 5.35. The third-order valence-corrected chi connectivity index (χ3v) is 2.90. The number of nitrogens with two attached hydrogens (primary N) is 1. The van der Waals surface area contributed by atoms with Crippen LogP contribution < -0.4 is 5.73 Å². The van der Waals surface area contributed by atoms with Gasteiger partial charge in [0.05, 0.1) is 4.47 Å². The summed E-state index contributed by atoms with van der Waals surface area (Å²) in [6.45, 7) is 6.29. The molecule has 1 atom stereocenters. The van der Waals surface area contributed by atoms with Gasteiger partial charge in [-0.1, -0.05) is 26.8 Å². The summed E-state index contributed by atoms with van der Waals surface area (Å²) in [7, 11) is 0. The molecule has 1 aromatic carbocycles. The number of phenolic OH excluding ortho intramolecular Hbond substituents is 1. The number of halogens is 2. The Morgan fingerprint density at radius 2 is 1.87 bits per heavy atom. The molecule has 0 radical (unpaired) electrons. The largest absolute Gasteiger partial charge is 0.507 e. The van der Waals surface area contributed by atoms with Crippen LogP contribution in [0.1, 0.15) is 32.4 Å². The molecule has 0 aromatic heterocycles. The number of hydrogen-bond donors (Lipinski definition) is 2. The molecule has 4 heteroatoms. The van der Waals surface area contributed by atoms with E-state index in [1.54, 1.807) is 6.07 Å². The molecular formula is C11H17BrClNO. The Labute approximate surface area is 105 Å². The molecule has 0 saturated carbocycles. The topological polar surface area (TPSA) is 46.2 Å². The predicted octanol–water partition coefficient (Wildman–Crippen LogP) is 3.62. The molecule has 0 heterocycles. The summed E-state index contributed by atoms with van der Waals surface area (Å²) in [6.07, 6.45) is 0. The maximum Gasteiger partial charge on any atom is 0.129 e. The highest BCUT2D eigenvalue weighted by Gasteiger charge is 2.22. The van der Waals surface area contributed by atoms with Gasteiger partial charge in [-0.3, -0.25) is 0 Å². The third kappa shape index (κ3) is 3.67. The van der Waals surface area contributed by atoms with Gasteiger partial charge in [-0.15, -0.1) is 12.4 Å². The zero-order valence-electron chi connectivity index (χ0n) is 9.12. The molecule has 0 aliphatic heterocycles. The van der Waals surface area contributed by atoms with Crippen LogP contribution in [0, 0.1) is 5.41 Å². The van der Waals surface area contributed by atoms with Gasteiger partial charge < -0.3 is 10.8 Å². The van der Waals surface area contributed by atoms with Gasteiger partial charge in [-0.25, -0.2) is 0 Å². The smallest absolute Gasteiger partial charge is 0.129 e. The number of phenols is 1. The van der Waals surface area contributed by atoms with Gasteiger partial charge in [0.1, 0.15) is 5.75 Å².